The predicted octanol–water partition coefficient (Wildman–Crippen LogP) is 4.02. The first-order valence-corrected chi connectivity index (χ1v) is 8.54. The van der Waals surface area contributed by atoms with Crippen molar-refractivity contribution in [3.8, 4) is 0 Å². The lowest BCUT2D eigenvalue weighted by atomic mass is 9.88. The van der Waals surface area contributed by atoms with Crippen LogP contribution in [-0.4, -0.2) is 25.2 Å². The summed E-state index contributed by atoms with van der Waals surface area (Å²) < 4.78 is 6.83. The Morgan fingerprint density at radius 1 is 1.13 bits per heavy atom. The maximum Gasteiger partial charge on any atom is 0.338 e. The van der Waals surface area contributed by atoms with Crippen LogP contribution in [0.3, 0.4) is 0 Å². The van der Waals surface area contributed by atoms with Gasteiger partial charge in [0.2, 0.25) is 0 Å². The molecule has 0 aromatic heterocycles. The zero-order chi connectivity index (χ0) is 15.4. The Morgan fingerprint density at radius 3 is 2.65 bits per heavy atom. The van der Waals surface area contributed by atoms with Crippen LogP contribution in [0.5, 0.6) is 0 Å². The fraction of sp³-hybridized carbons (Fsp3) is 0.278. The molecule has 0 amide bonds. The van der Waals surface area contributed by atoms with Crippen molar-refractivity contribution in [3.63, 3.8) is 0 Å². The minimum Gasteiger partial charge on any atom is -0.457 e. The first-order valence-electron chi connectivity index (χ1n) is 7.46. The summed E-state index contributed by atoms with van der Waals surface area (Å²) in [5.41, 5.74) is 1.86. The predicted molar refractivity (Wildman–Crippen MR) is 102 cm³/mol. The third-order valence-corrected chi connectivity index (χ3v) is 4.64. The summed E-state index contributed by atoms with van der Waals surface area (Å²) in [6, 6.07) is 17.8. The minimum absolute atomic E-state index is 0. The Morgan fingerprint density at radius 2 is 1.91 bits per heavy atom. The summed E-state index contributed by atoms with van der Waals surface area (Å²) in [5, 5.41) is 3.32. The molecule has 1 heterocycles. The molecule has 1 N–H and O–H groups in total. The number of rotatable bonds is 3. The maximum atomic E-state index is 12.4. The van der Waals surface area contributed by atoms with Gasteiger partial charge in [-0.25, -0.2) is 4.79 Å². The van der Waals surface area contributed by atoms with Crippen molar-refractivity contribution >= 4 is 41.0 Å². The second-order valence-electron chi connectivity index (χ2n) is 5.46. The van der Waals surface area contributed by atoms with E-state index in [0.29, 0.717) is 12.1 Å². The lowest BCUT2D eigenvalue weighted by Crippen LogP contribution is -2.42. The summed E-state index contributed by atoms with van der Waals surface area (Å²) >= 11 is 2.20. The highest BCUT2D eigenvalue weighted by Gasteiger charge is 2.29. The number of ether oxygens (including phenoxy) is 1. The van der Waals surface area contributed by atoms with Crippen molar-refractivity contribution in [3.05, 3.63) is 69.3 Å². The molecular weight excluding hydrogens is 425 g/mol. The average Bonchev–Trinajstić information content (AvgIpc) is 2.56. The first kappa shape index (κ1) is 18.2. The molecule has 0 unspecified atom stereocenters. The minimum atomic E-state index is -0.242. The van der Waals surface area contributed by atoms with Gasteiger partial charge in [-0.3, -0.25) is 0 Å². The fourth-order valence-electron chi connectivity index (χ4n) is 2.86. The van der Waals surface area contributed by atoms with Gasteiger partial charge in [-0.1, -0.05) is 36.4 Å². The molecule has 0 spiro atoms. The third kappa shape index (κ3) is 4.68. The van der Waals surface area contributed by atoms with E-state index in [1.807, 2.05) is 36.4 Å². The highest BCUT2D eigenvalue weighted by Crippen LogP contribution is 2.28. The van der Waals surface area contributed by atoms with E-state index >= 15 is 0 Å². The van der Waals surface area contributed by atoms with Gasteiger partial charge in [-0.15, -0.1) is 12.4 Å². The number of esters is 1. The van der Waals surface area contributed by atoms with Gasteiger partial charge in [0.15, 0.2) is 0 Å². The molecule has 2 aromatic rings. The summed E-state index contributed by atoms with van der Waals surface area (Å²) in [7, 11) is 0. The molecule has 1 saturated heterocycles. The Labute approximate surface area is 156 Å². The molecule has 0 bridgehead atoms. The second-order valence-corrected chi connectivity index (χ2v) is 6.71. The Hall–Kier alpha value is -1.11. The molecule has 1 aliphatic heterocycles. The van der Waals surface area contributed by atoms with Crippen LogP contribution in [0, 0.1) is 3.57 Å². The maximum absolute atomic E-state index is 12.4. The molecule has 3 nitrogen and oxygen atoms in total. The van der Waals surface area contributed by atoms with Crippen LogP contribution in [0.4, 0.5) is 0 Å². The second kappa shape index (κ2) is 8.66. The summed E-state index contributed by atoms with van der Waals surface area (Å²) in [4.78, 5) is 12.4. The zero-order valence-electron chi connectivity index (χ0n) is 12.6. The topological polar surface area (TPSA) is 38.3 Å². The van der Waals surface area contributed by atoms with Crippen molar-refractivity contribution in [2.45, 2.75) is 18.4 Å². The average molecular weight is 444 g/mol. The smallest absolute Gasteiger partial charge is 0.338 e. The third-order valence-electron chi connectivity index (χ3n) is 3.97. The van der Waals surface area contributed by atoms with Gasteiger partial charge >= 0.3 is 5.97 Å². The highest BCUT2D eigenvalue weighted by molar-refractivity contribution is 14.1. The van der Waals surface area contributed by atoms with Crippen molar-refractivity contribution in [2.24, 2.45) is 0 Å². The van der Waals surface area contributed by atoms with E-state index in [-0.39, 0.29) is 30.4 Å². The number of hydrogen-bond acceptors (Lipinski definition) is 3. The van der Waals surface area contributed by atoms with E-state index in [2.05, 4.69) is 40.0 Å². The SMILES string of the molecule is Cl.O=C(O[C@@H]1CNCC[C@H]1c1ccccc1)c1cccc(I)c1. The molecule has 23 heavy (non-hydrogen) atoms. The first-order chi connectivity index (χ1) is 10.7. The number of piperidine rings is 1. The largest absolute Gasteiger partial charge is 0.457 e. The van der Waals surface area contributed by atoms with Gasteiger partial charge in [-0.2, -0.15) is 0 Å². The summed E-state index contributed by atoms with van der Waals surface area (Å²) in [6.45, 7) is 1.66. The van der Waals surface area contributed by atoms with Crippen molar-refractivity contribution in [1.29, 1.82) is 0 Å². The Bertz CT molecular complexity index is 650. The van der Waals surface area contributed by atoms with Crippen LogP contribution in [0.1, 0.15) is 28.3 Å². The van der Waals surface area contributed by atoms with Crippen molar-refractivity contribution in [2.75, 3.05) is 13.1 Å². The Balaban J connectivity index is 0.00000192. The van der Waals surface area contributed by atoms with Crippen molar-refractivity contribution in [1.82, 2.24) is 5.32 Å². The number of nitrogens with one attached hydrogen (secondary N) is 1. The number of benzene rings is 2. The van der Waals surface area contributed by atoms with E-state index in [1.165, 1.54) is 5.56 Å². The molecule has 2 atom stereocenters. The van der Waals surface area contributed by atoms with Gasteiger partial charge in [0.05, 0.1) is 5.56 Å². The molecule has 2 aromatic carbocycles. The molecule has 1 aliphatic rings. The van der Waals surface area contributed by atoms with E-state index in [4.69, 9.17) is 4.74 Å². The van der Waals surface area contributed by atoms with E-state index < -0.39 is 0 Å². The number of halogens is 2. The number of carbonyl (C=O) groups excluding carboxylic acids is 1. The van der Waals surface area contributed by atoms with E-state index in [0.717, 1.165) is 16.5 Å². The Kier molecular flexibility index (Phi) is 6.87. The van der Waals surface area contributed by atoms with Crippen LogP contribution >= 0.6 is 35.0 Å². The highest BCUT2D eigenvalue weighted by atomic mass is 127. The lowest BCUT2D eigenvalue weighted by Gasteiger charge is -2.32. The van der Waals surface area contributed by atoms with Gasteiger partial charge in [-0.05, 0) is 59.3 Å². The monoisotopic (exact) mass is 443 g/mol. The summed E-state index contributed by atoms with van der Waals surface area (Å²) in [5.74, 6) is 0.0160. The molecule has 3 rings (SSSR count). The van der Waals surface area contributed by atoms with Gasteiger partial charge in [0, 0.05) is 16.0 Å². The van der Waals surface area contributed by atoms with Gasteiger partial charge in [0.1, 0.15) is 6.10 Å². The molecule has 1 fully saturated rings. The zero-order valence-corrected chi connectivity index (χ0v) is 15.5. The molecular formula is C18H19ClINO2. The van der Waals surface area contributed by atoms with E-state index in [9.17, 15) is 4.79 Å². The van der Waals surface area contributed by atoms with E-state index in [1.54, 1.807) is 6.07 Å². The normalized spacial score (nSPS) is 20.4. The molecule has 0 radical (unpaired) electrons. The van der Waals surface area contributed by atoms with Gasteiger partial charge < -0.3 is 10.1 Å². The van der Waals surface area contributed by atoms with Crippen LogP contribution in [-0.2, 0) is 4.74 Å². The lowest BCUT2D eigenvalue weighted by molar-refractivity contribution is 0.0182. The quantitative estimate of drug-likeness (QED) is 0.575. The van der Waals surface area contributed by atoms with Crippen LogP contribution in [0.2, 0.25) is 0 Å². The molecule has 122 valence electrons. The van der Waals surface area contributed by atoms with Crippen LogP contribution in [0.15, 0.2) is 54.6 Å². The van der Waals surface area contributed by atoms with Gasteiger partial charge in [0.25, 0.3) is 0 Å². The van der Waals surface area contributed by atoms with Crippen LogP contribution in [0.25, 0.3) is 0 Å². The number of carbonyl (C=O) groups is 1. The van der Waals surface area contributed by atoms with Crippen LogP contribution < -0.4 is 5.32 Å². The summed E-state index contributed by atoms with van der Waals surface area (Å²) in [6.07, 6.45) is 0.857. The molecule has 5 heteroatoms. The molecule has 0 saturated carbocycles. The standard InChI is InChI=1S/C18H18INO2.ClH/c19-15-8-4-7-14(11-15)18(21)22-17-12-20-10-9-16(17)13-5-2-1-3-6-13;/h1-8,11,16-17,20H,9-10,12H2;1H/t16-,17+;/m0./s1. The molecule has 0 aliphatic carbocycles. The fourth-order valence-corrected chi connectivity index (χ4v) is 3.40. The van der Waals surface area contributed by atoms with Crippen molar-refractivity contribution < 1.29 is 9.53 Å². The number of hydrogen-bond donors (Lipinski definition) is 1.